The van der Waals surface area contributed by atoms with Crippen molar-refractivity contribution >= 4 is 17.5 Å². The average molecular weight is 347 g/mol. The molecule has 0 N–H and O–H groups in total. The minimum absolute atomic E-state index is 0.131. The minimum Gasteiger partial charge on any atom is -0.335 e. The molecule has 1 aliphatic rings. The highest BCUT2D eigenvalue weighted by Crippen LogP contribution is 2.14. The average Bonchev–Trinajstić information content (AvgIpc) is 2.57. The molecule has 2 heterocycles. The molecule has 7 heteroatoms. The highest BCUT2D eigenvalue weighted by atomic mass is 35.5. The van der Waals surface area contributed by atoms with Crippen molar-refractivity contribution in [2.75, 3.05) is 26.2 Å². The number of aromatic nitrogens is 2. The molecule has 6 nitrogen and oxygen atoms in total. The number of carbonyl (C=O) groups excluding carboxylic acids is 1. The second-order valence-electron chi connectivity index (χ2n) is 5.88. The normalized spacial score (nSPS) is 15.5. The topological polar surface area (TPSA) is 58.4 Å². The quantitative estimate of drug-likeness (QED) is 0.842. The van der Waals surface area contributed by atoms with Crippen molar-refractivity contribution in [2.24, 2.45) is 7.05 Å². The highest BCUT2D eigenvalue weighted by molar-refractivity contribution is 6.30. The Kier molecular flexibility index (Phi) is 4.97. The number of amides is 1. The van der Waals surface area contributed by atoms with Crippen LogP contribution in [0.5, 0.6) is 0 Å². The Morgan fingerprint density at radius 3 is 2.58 bits per heavy atom. The van der Waals surface area contributed by atoms with Crippen molar-refractivity contribution in [3.05, 3.63) is 63.0 Å². The number of halogens is 1. The van der Waals surface area contributed by atoms with Crippen LogP contribution in [0.3, 0.4) is 0 Å². The van der Waals surface area contributed by atoms with Crippen molar-refractivity contribution in [1.82, 2.24) is 19.6 Å². The number of hydrogen-bond donors (Lipinski definition) is 0. The van der Waals surface area contributed by atoms with Gasteiger partial charge in [-0.25, -0.2) is 4.68 Å². The number of aryl methyl sites for hydroxylation is 1. The molecular weight excluding hydrogens is 328 g/mol. The van der Waals surface area contributed by atoms with Crippen LogP contribution < -0.4 is 5.56 Å². The maximum atomic E-state index is 12.5. The van der Waals surface area contributed by atoms with E-state index in [0.717, 1.165) is 24.7 Å². The van der Waals surface area contributed by atoms with Gasteiger partial charge in [0, 0.05) is 50.9 Å². The first-order valence-corrected chi connectivity index (χ1v) is 8.21. The summed E-state index contributed by atoms with van der Waals surface area (Å²) in [7, 11) is 1.54. The van der Waals surface area contributed by atoms with Gasteiger partial charge in [0.2, 0.25) is 0 Å². The Labute approximate surface area is 145 Å². The van der Waals surface area contributed by atoms with Crippen LogP contribution in [-0.4, -0.2) is 51.7 Å². The Bertz CT molecular complexity index is 797. The third-order valence-corrected chi connectivity index (χ3v) is 4.37. The summed E-state index contributed by atoms with van der Waals surface area (Å²) in [4.78, 5) is 27.9. The zero-order chi connectivity index (χ0) is 17.1. The van der Waals surface area contributed by atoms with Crippen molar-refractivity contribution in [3.63, 3.8) is 0 Å². The van der Waals surface area contributed by atoms with E-state index in [1.807, 2.05) is 18.2 Å². The molecule has 0 spiro atoms. The molecule has 0 saturated carbocycles. The Morgan fingerprint density at radius 1 is 1.17 bits per heavy atom. The summed E-state index contributed by atoms with van der Waals surface area (Å²) in [5.41, 5.74) is 1.25. The lowest BCUT2D eigenvalue weighted by Crippen LogP contribution is -2.48. The van der Waals surface area contributed by atoms with E-state index in [4.69, 9.17) is 11.6 Å². The molecule has 126 valence electrons. The molecule has 3 rings (SSSR count). The third-order valence-electron chi connectivity index (χ3n) is 4.13. The van der Waals surface area contributed by atoms with E-state index < -0.39 is 0 Å². The molecule has 0 unspecified atom stereocenters. The molecule has 0 atom stereocenters. The zero-order valence-electron chi connectivity index (χ0n) is 13.5. The zero-order valence-corrected chi connectivity index (χ0v) is 14.2. The summed E-state index contributed by atoms with van der Waals surface area (Å²) in [5.74, 6) is -0.131. The fourth-order valence-corrected chi connectivity index (χ4v) is 2.99. The summed E-state index contributed by atoms with van der Waals surface area (Å²) in [6, 6.07) is 10.7. The van der Waals surface area contributed by atoms with Crippen LogP contribution in [0, 0.1) is 0 Å². The summed E-state index contributed by atoms with van der Waals surface area (Å²) in [6.07, 6.45) is 0. The molecule has 0 bridgehead atoms. The van der Waals surface area contributed by atoms with Crippen LogP contribution in [0.15, 0.2) is 41.2 Å². The lowest BCUT2D eigenvalue weighted by molar-refractivity contribution is 0.0620. The van der Waals surface area contributed by atoms with Crippen LogP contribution in [0.2, 0.25) is 5.02 Å². The van der Waals surface area contributed by atoms with Crippen molar-refractivity contribution in [1.29, 1.82) is 0 Å². The summed E-state index contributed by atoms with van der Waals surface area (Å²) in [6.45, 7) is 3.70. The molecule has 0 aliphatic carbocycles. The molecule has 1 aromatic carbocycles. The van der Waals surface area contributed by atoms with Gasteiger partial charge >= 0.3 is 0 Å². The van der Waals surface area contributed by atoms with Gasteiger partial charge in [-0.15, -0.1) is 0 Å². The lowest BCUT2D eigenvalue weighted by Gasteiger charge is -2.34. The maximum Gasteiger partial charge on any atom is 0.274 e. The summed E-state index contributed by atoms with van der Waals surface area (Å²) in [5, 5.41) is 4.77. The molecule has 1 aliphatic heterocycles. The fraction of sp³-hybridized carbons (Fsp3) is 0.353. The third kappa shape index (κ3) is 3.83. The highest BCUT2D eigenvalue weighted by Gasteiger charge is 2.23. The van der Waals surface area contributed by atoms with Gasteiger partial charge in [0.05, 0.1) is 0 Å². The monoisotopic (exact) mass is 346 g/mol. The van der Waals surface area contributed by atoms with E-state index in [2.05, 4.69) is 16.1 Å². The Hall–Kier alpha value is -2.18. The van der Waals surface area contributed by atoms with Crippen LogP contribution in [0.4, 0.5) is 0 Å². The number of carbonyl (C=O) groups is 1. The number of rotatable bonds is 3. The Balaban J connectivity index is 1.59. The van der Waals surface area contributed by atoms with Crippen LogP contribution in [-0.2, 0) is 13.6 Å². The van der Waals surface area contributed by atoms with E-state index in [1.54, 1.807) is 11.9 Å². The number of piperazine rings is 1. The second kappa shape index (κ2) is 7.15. The first-order valence-electron chi connectivity index (χ1n) is 7.83. The number of hydrogen-bond acceptors (Lipinski definition) is 4. The van der Waals surface area contributed by atoms with Crippen molar-refractivity contribution < 1.29 is 4.79 Å². The van der Waals surface area contributed by atoms with Crippen LogP contribution >= 0.6 is 11.6 Å². The van der Waals surface area contributed by atoms with Gasteiger partial charge < -0.3 is 4.90 Å². The molecular formula is C17H19ClN4O2. The standard InChI is InChI=1S/C17H19ClN4O2/c1-20-16(23)6-5-15(19-20)17(24)22-9-7-21(8-10-22)12-13-3-2-4-14(18)11-13/h2-6,11H,7-10,12H2,1H3. The van der Waals surface area contributed by atoms with Gasteiger partial charge in [0.1, 0.15) is 5.69 Å². The van der Waals surface area contributed by atoms with Gasteiger partial charge in [0.25, 0.3) is 11.5 Å². The van der Waals surface area contributed by atoms with E-state index in [9.17, 15) is 9.59 Å². The second-order valence-corrected chi connectivity index (χ2v) is 6.32. The number of benzene rings is 1. The maximum absolute atomic E-state index is 12.5. The Morgan fingerprint density at radius 2 is 1.92 bits per heavy atom. The van der Waals surface area contributed by atoms with Gasteiger partial charge in [-0.05, 0) is 23.8 Å². The molecule has 1 aromatic heterocycles. The van der Waals surface area contributed by atoms with Gasteiger partial charge in [-0.2, -0.15) is 5.10 Å². The summed E-state index contributed by atoms with van der Waals surface area (Å²) >= 11 is 6.02. The predicted molar refractivity (Wildman–Crippen MR) is 92.1 cm³/mol. The lowest BCUT2D eigenvalue weighted by atomic mass is 10.2. The van der Waals surface area contributed by atoms with Gasteiger partial charge in [-0.1, -0.05) is 23.7 Å². The smallest absolute Gasteiger partial charge is 0.274 e. The van der Waals surface area contributed by atoms with Gasteiger partial charge in [0.15, 0.2) is 0 Å². The first kappa shape index (κ1) is 16.7. The molecule has 1 saturated heterocycles. The molecule has 1 fully saturated rings. The van der Waals surface area contributed by atoms with Gasteiger partial charge in [-0.3, -0.25) is 14.5 Å². The van der Waals surface area contributed by atoms with E-state index in [0.29, 0.717) is 18.8 Å². The van der Waals surface area contributed by atoms with E-state index >= 15 is 0 Å². The summed E-state index contributed by atoms with van der Waals surface area (Å²) < 4.78 is 1.18. The van der Waals surface area contributed by atoms with Crippen LogP contribution in [0.1, 0.15) is 16.1 Å². The first-order chi connectivity index (χ1) is 11.5. The van der Waals surface area contributed by atoms with Crippen molar-refractivity contribution in [2.45, 2.75) is 6.54 Å². The van der Waals surface area contributed by atoms with E-state index in [1.165, 1.54) is 22.4 Å². The van der Waals surface area contributed by atoms with Crippen LogP contribution in [0.25, 0.3) is 0 Å². The van der Waals surface area contributed by atoms with Crippen molar-refractivity contribution in [3.8, 4) is 0 Å². The molecule has 0 radical (unpaired) electrons. The fourth-order valence-electron chi connectivity index (χ4n) is 2.78. The predicted octanol–water partition coefficient (Wildman–Crippen LogP) is 1.39. The number of nitrogens with zero attached hydrogens (tertiary/aromatic N) is 4. The largest absolute Gasteiger partial charge is 0.335 e. The molecule has 2 aromatic rings. The molecule has 24 heavy (non-hydrogen) atoms. The molecule has 1 amide bonds. The SMILES string of the molecule is Cn1nc(C(=O)N2CCN(Cc3cccc(Cl)c3)CC2)ccc1=O. The minimum atomic E-state index is -0.224. The van der Waals surface area contributed by atoms with E-state index in [-0.39, 0.29) is 11.5 Å².